The zero-order valence-corrected chi connectivity index (χ0v) is 35.2. The molecule has 0 bridgehead atoms. The summed E-state index contributed by atoms with van der Waals surface area (Å²) >= 11 is 0.507. The van der Waals surface area contributed by atoms with Crippen LogP contribution in [0.15, 0.2) is 172 Å². The maximum Gasteiger partial charge on any atom is 0.295 e. The van der Waals surface area contributed by atoms with Gasteiger partial charge >= 0.3 is 0 Å². The van der Waals surface area contributed by atoms with Crippen molar-refractivity contribution >= 4 is 125 Å². The number of rotatable bonds is 12. The predicted molar refractivity (Wildman–Crippen MR) is 234 cm³/mol. The summed E-state index contributed by atoms with van der Waals surface area (Å²) in [5, 5.41) is 51.6. The first-order valence-electron chi connectivity index (χ1n) is 17.9. The van der Waals surface area contributed by atoms with Gasteiger partial charge in [-0.05, 0) is 84.2 Å². The minimum atomic E-state index is -4.90. The van der Waals surface area contributed by atoms with E-state index in [-0.39, 0.29) is 55.2 Å². The lowest BCUT2D eigenvalue weighted by Gasteiger charge is -2.10. The fourth-order valence-electron chi connectivity index (χ4n) is 6.78. The molecule has 0 fully saturated rings. The van der Waals surface area contributed by atoms with Crippen LogP contribution in [0, 0.1) is 0 Å². The van der Waals surface area contributed by atoms with Gasteiger partial charge in [-0.1, -0.05) is 47.5 Å². The van der Waals surface area contributed by atoms with Crippen molar-refractivity contribution < 1.29 is 58.6 Å². The van der Waals surface area contributed by atoms with Gasteiger partial charge in [0, 0.05) is 43.4 Å². The molecule has 7 N–H and O–H groups in total. The molecule has 0 amide bonds. The van der Waals surface area contributed by atoms with Gasteiger partial charge in [-0.2, -0.15) is 30.4 Å². The largest absolute Gasteiger partial charge is 0.505 e. The normalized spacial score (nSPS) is 12.9. The zero-order chi connectivity index (χ0) is 45.6. The molecule has 0 spiro atoms. The van der Waals surface area contributed by atoms with Gasteiger partial charge in [0.25, 0.3) is 30.4 Å². The maximum atomic E-state index is 12.3. The quantitative estimate of drug-likeness (QED) is 0.0166. The monoisotopic (exact) mass is 941 g/mol. The average molecular weight is 942 g/mol. The molecule has 8 aromatic rings. The van der Waals surface area contributed by atoms with Crippen molar-refractivity contribution in [2.75, 3.05) is 5.73 Å². The third-order valence-electron chi connectivity index (χ3n) is 9.60. The molecular formula is C40H27N7O13S4. The highest BCUT2D eigenvalue weighted by Crippen LogP contribution is 2.46. The molecule has 0 heterocycles. The van der Waals surface area contributed by atoms with E-state index in [0.717, 1.165) is 24.3 Å². The second-order valence-corrected chi connectivity index (χ2v) is 18.5. The lowest BCUT2D eigenvalue weighted by Crippen LogP contribution is -2.03. The smallest absolute Gasteiger partial charge is 0.295 e. The highest BCUT2D eigenvalue weighted by Gasteiger charge is 2.22. The van der Waals surface area contributed by atoms with E-state index in [1.54, 1.807) is 54.6 Å². The molecule has 8 rings (SSSR count). The van der Waals surface area contributed by atoms with Crippen molar-refractivity contribution in [3.05, 3.63) is 121 Å². The molecule has 0 radical (unpaired) electrons. The lowest BCUT2D eigenvalue weighted by atomic mass is 10.1. The Morgan fingerprint density at radius 3 is 1.67 bits per heavy atom. The maximum absolute atomic E-state index is 12.3. The summed E-state index contributed by atoms with van der Waals surface area (Å²) in [6, 6.07) is 28.6. The Balaban J connectivity index is 1.18. The number of anilines is 1. The van der Waals surface area contributed by atoms with E-state index in [9.17, 15) is 44.0 Å². The summed E-state index contributed by atoms with van der Waals surface area (Å²) < 4.78 is 108. The van der Waals surface area contributed by atoms with Gasteiger partial charge < -0.3 is 10.8 Å². The van der Waals surface area contributed by atoms with Crippen LogP contribution in [0.4, 0.5) is 39.8 Å². The number of phenols is 1. The van der Waals surface area contributed by atoms with E-state index in [2.05, 4.69) is 40.1 Å². The first-order chi connectivity index (χ1) is 30.4. The zero-order valence-electron chi connectivity index (χ0n) is 31.9. The van der Waals surface area contributed by atoms with Crippen molar-refractivity contribution in [1.82, 2.24) is 0 Å². The van der Waals surface area contributed by atoms with Gasteiger partial charge in [0.1, 0.15) is 15.5 Å². The number of nitrogens with zero attached hydrogens (tertiary/aromatic N) is 6. The van der Waals surface area contributed by atoms with Crippen LogP contribution in [0.1, 0.15) is 0 Å². The molecule has 0 saturated carbocycles. The molecule has 0 aromatic heterocycles. The van der Waals surface area contributed by atoms with Crippen LogP contribution in [0.3, 0.4) is 0 Å². The fraction of sp³-hybridized carbons (Fsp3) is 0. The van der Waals surface area contributed by atoms with Crippen molar-refractivity contribution in [3.63, 3.8) is 0 Å². The van der Waals surface area contributed by atoms with Crippen molar-refractivity contribution in [2.24, 2.45) is 30.7 Å². The van der Waals surface area contributed by atoms with Crippen molar-refractivity contribution in [2.45, 2.75) is 19.6 Å². The van der Waals surface area contributed by atoms with E-state index in [0.29, 0.717) is 50.3 Å². The minimum Gasteiger partial charge on any atom is -0.505 e. The number of nitrogen functional groups attached to an aromatic ring is 1. The molecule has 324 valence electrons. The Morgan fingerprint density at radius 1 is 0.500 bits per heavy atom. The second kappa shape index (κ2) is 17.0. The standard InChI is InChI=1S/C40H27N7O13S4/c41-22-8-10-25-21(16-22)17-36(61-60-59-49)39(40(25)48)47-46-35-15-14-34(28-11-9-24(20-30(28)35)62(50,51)52)45-44-33-13-12-32(26-4-1-2-5-27(26)33)43-42-23-18-31-29(38(19-23)64(56,57)58)6-3-7-37(31)63(53,54)55/h1-20,48-49H,41H2,(H,50,51,52)(H,53,54,55)(H,56,57,58). The van der Waals surface area contributed by atoms with Crippen LogP contribution in [-0.4, -0.2) is 49.3 Å². The molecule has 0 aliphatic rings. The van der Waals surface area contributed by atoms with E-state index < -0.39 is 45.0 Å². The lowest BCUT2D eigenvalue weighted by molar-refractivity contribution is -0.432. The topological polar surface area (TPSA) is 322 Å². The van der Waals surface area contributed by atoms with Gasteiger partial charge in [0.2, 0.25) is 0 Å². The number of benzene rings is 8. The Bertz CT molecular complexity index is 3680. The summed E-state index contributed by atoms with van der Waals surface area (Å²) in [7, 11) is -14.4. The van der Waals surface area contributed by atoms with E-state index in [1.807, 2.05) is 0 Å². The Hall–Kier alpha value is -6.84. The molecular weight excluding hydrogens is 915 g/mol. The van der Waals surface area contributed by atoms with Gasteiger partial charge in [0.15, 0.2) is 5.75 Å². The summed E-state index contributed by atoms with van der Waals surface area (Å²) in [6.07, 6.45) is 0. The number of hydrogen-bond acceptors (Lipinski definition) is 18. The molecule has 24 heteroatoms. The molecule has 0 aliphatic heterocycles. The predicted octanol–water partition coefficient (Wildman–Crippen LogP) is 11.0. The number of aromatic hydroxyl groups is 1. The number of fused-ring (bicyclic) bond motifs is 4. The second-order valence-electron chi connectivity index (χ2n) is 13.6. The molecule has 20 nitrogen and oxygen atoms in total. The summed E-state index contributed by atoms with van der Waals surface area (Å²) in [5.41, 5.74) is 6.96. The van der Waals surface area contributed by atoms with Crippen LogP contribution in [0.2, 0.25) is 0 Å². The molecule has 0 atom stereocenters. The first-order valence-corrected chi connectivity index (χ1v) is 23.0. The minimum absolute atomic E-state index is 0.0797. The Labute approximate surface area is 365 Å². The van der Waals surface area contributed by atoms with Crippen LogP contribution < -0.4 is 5.73 Å². The van der Waals surface area contributed by atoms with E-state index in [1.165, 1.54) is 42.5 Å². The number of phenolic OH excluding ortho intramolecular Hbond substituents is 1. The van der Waals surface area contributed by atoms with Gasteiger partial charge in [-0.3, -0.25) is 13.7 Å². The summed E-state index contributed by atoms with van der Waals surface area (Å²) in [4.78, 5) is -1.59. The molecule has 0 saturated heterocycles. The SMILES string of the molecule is Nc1ccc2c(O)c(N=Nc3ccc(N=Nc4ccc(N=Nc5cc(S(=O)(=O)O)c6cccc(S(=O)(=O)O)c6c5)c5ccccc45)c4ccc(S(=O)(=O)O)cc34)c(SOOO)cc2c1. The van der Waals surface area contributed by atoms with Crippen LogP contribution in [-0.2, 0) is 39.7 Å². The first kappa shape index (κ1) is 43.8. The Kier molecular flexibility index (Phi) is 11.7. The van der Waals surface area contributed by atoms with Crippen molar-refractivity contribution in [1.29, 1.82) is 0 Å². The van der Waals surface area contributed by atoms with Crippen LogP contribution >= 0.6 is 12.0 Å². The highest BCUT2D eigenvalue weighted by molar-refractivity contribution is 7.94. The average Bonchev–Trinajstić information content (AvgIpc) is 3.25. The number of hydrogen-bond donors (Lipinski definition) is 6. The van der Waals surface area contributed by atoms with Gasteiger partial charge in [-0.15, -0.1) is 29.9 Å². The van der Waals surface area contributed by atoms with Crippen LogP contribution in [0.5, 0.6) is 5.75 Å². The van der Waals surface area contributed by atoms with Crippen LogP contribution in [0.25, 0.3) is 43.1 Å². The highest BCUT2D eigenvalue weighted by atomic mass is 32.2. The van der Waals surface area contributed by atoms with Gasteiger partial charge in [0.05, 0.1) is 50.3 Å². The molecule has 0 unspecified atom stereocenters. The molecule has 64 heavy (non-hydrogen) atoms. The van der Waals surface area contributed by atoms with E-state index >= 15 is 0 Å². The third-order valence-corrected chi connectivity index (χ3v) is 12.9. The van der Waals surface area contributed by atoms with Gasteiger partial charge in [-0.25, -0.2) is 5.26 Å². The summed E-state index contributed by atoms with van der Waals surface area (Å²) in [5.74, 6) is -0.326. The van der Waals surface area contributed by atoms with Crippen molar-refractivity contribution in [3.8, 4) is 5.75 Å². The number of nitrogens with two attached hydrogens (primary N) is 1. The number of azo groups is 3. The Morgan fingerprint density at radius 2 is 1.06 bits per heavy atom. The third kappa shape index (κ3) is 8.86. The molecule has 8 aromatic carbocycles. The van der Waals surface area contributed by atoms with E-state index in [4.69, 9.17) is 11.0 Å². The fourth-order valence-corrected chi connectivity index (χ4v) is 9.21. The summed E-state index contributed by atoms with van der Waals surface area (Å²) in [6.45, 7) is 0. The molecule has 0 aliphatic carbocycles.